The number of allylic oxidation sites excluding steroid dienone is 3. The average molecular weight is 435 g/mol. The smallest absolute Gasteiger partial charge is 0.184 e. The Hall–Kier alpha value is -3.95. The summed E-state index contributed by atoms with van der Waals surface area (Å²) < 4.78 is 0. The van der Waals surface area contributed by atoms with Crippen LogP contribution in [0.2, 0.25) is 0 Å². The molecule has 0 amide bonds. The Balaban J connectivity index is 1.94. The van der Waals surface area contributed by atoms with E-state index in [1.165, 1.54) is 0 Å². The molecule has 0 saturated heterocycles. The van der Waals surface area contributed by atoms with Crippen LogP contribution in [-0.4, -0.2) is 28.6 Å². The van der Waals surface area contributed by atoms with Crippen LogP contribution < -0.4 is 0 Å². The van der Waals surface area contributed by atoms with E-state index in [0.29, 0.717) is 23.4 Å². The second-order valence-electron chi connectivity index (χ2n) is 8.24. The van der Waals surface area contributed by atoms with Crippen LogP contribution in [0.4, 0.5) is 22.7 Å². The Labute approximate surface area is 194 Å². The molecule has 0 N–H and O–H groups in total. The van der Waals surface area contributed by atoms with Crippen molar-refractivity contribution in [2.45, 2.75) is 34.1 Å². The van der Waals surface area contributed by atoms with Crippen LogP contribution in [0.1, 0.15) is 34.1 Å². The first-order valence-corrected chi connectivity index (χ1v) is 11.0. The van der Waals surface area contributed by atoms with Crippen molar-refractivity contribution in [3.8, 4) is 0 Å². The van der Waals surface area contributed by atoms with Gasteiger partial charge in [0.15, 0.2) is 5.78 Å². The van der Waals surface area contributed by atoms with Crippen molar-refractivity contribution in [2.24, 2.45) is 25.9 Å². The number of aliphatic imine (C=N–C) groups is 4. The lowest BCUT2D eigenvalue weighted by molar-refractivity contribution is -0.115. The molecule has 0 saturated carbocycles. The van der Waals surface area contributed by atoms with E-state index >= 15 is 0 Å². The minimum absolute atomic E-state index is 0.0797. The van der Waals surface area contributed by atoms with Crippen LogP contribution in [0.3, 0.4) is 0 Å². The van der Waals surface area contributed by atoms with Gasteiger partial charge >= 0.3 is 0 Å². The van der Waals surface area contributed by atoms with Crippen molar-refractivity contribution >= 4 is 51.4 Å². The summed E-state index contributed by atoms with van der Waals surface area (Å²) in [5.74, 6) is -0.702. The Morgan fingerprint density at radius 1 is 0.758 bits per heavy atom. The molecule has 0 fully saturated rings. The monoisotopic (exact) mass is 434 g/mol. The molecular formula is C28H26N4O. The first-order chi connectivity index (χ1) is 15.9. The lowest BCUT2D eigenvalue weighted by atomic mass is 9.90. The van der Waals surface area contributed by atoms with Gasteiger partial charge in [-0.05, 0) is 64.1 Å². The van der Waals surface area contributed by atoms with Crippen molar-refractivity contribution < 1.29 is 4.79 Å². The number of fused-ring (bicyclic) bond motifs is 2. The highest BCUT2D eigenvalue weighted by Crippen LogP contribution is 2.32. The number of rotatable bonds is 2. The molecule has 1 aliphatic heterocycles. The standard InChI is InChI=1S/C28H26N4O/c1-18-17-19(2)30-24-14-8-10-16-26(24)32-21(4)27(28(33)22-11-5-6-12-22)20(3)31-25-15-9-7-13-23(25)29-18/h5-11,13-16,27H,17H2,1-4H3. The molecule has 1 aliphatic carbocycles. The zero-order valence-electron chi connectivity index (χ0n) is 19.3. The second-order valence-corrected chi connectivity index (χ2v) is 8.24. The van der Waals surface area contributed by atoms with Gasteiger partial charge in [0.05, 0.1) is 34.2 Å². The summed E-state index contributed by atoms with van der Waals surface area (Å²) in [6, 6.07) is 15.4. The topological polar surface area (TPSA) is 66.5 Å². The highest BCUT2D eigenvalue weighted by molar-refractivity contribution is 6.27. The lowest BCUT2D eigenvalue weighted by Gasteiger charge is -2.17. The Morgan fingerprint density at radius 3 is 1.64 bits per heavy atom. The fourth-order valence-electron chi connectivity index (χ4n) is 4.00. The normalized spacial score (nSPS) is 18.2. The molecular weight excluding hydrogens is 408 g/mol. The molecule has 0 atom stereocenters. The summed E-state index contributed by atoms with van der Waals surface area (Å²) in [7, 11) is 0. The maximum Gasteiger partial charge on any atom is 0.184 e. The SMILES string of the molecule is CC1=Nc2ccccc2N=C(C)C(C(=O)C2=C=CC=C2)C(C)=Nc2ccccc2N=C(C)C1. The zero-order valence-corrected chi connectivity index (χ0v) is 19.3. The number of carbonyl (C=O) groups is 1. The van der Waals surface area contributed by atoms with E-state index < -0.39 is 5.92 Å². The zero-order chi connectivity index (χ0) is 23.4. The van der Waals surface area contributed by atoms with Gasteiger partial charge in [0.25, 0.3) is 0 Å². The molecule has 5 nitrogen and oxygen atoms in total. The summed E-state index contributed by atoms with van der Waals surface area (Å²) in [6.07, 6.45) is 5.98. The maximum atomic E-state index is 13.5. The molecule has 2 aromatic carbocycles. The Bertz CT molecular complexity index is 1250. The van der Waals surface area contributed by atoms with E-state index in [0.717, 1.165) is 34.2 Å². The third-order valence-corrected chi connectivity index (χ3v) is 5.45. The number of hydrogen-bond donors (Lipinski definition) is 0. The van der Waals surface area contributed by atoms with E-state index in [-0.39, 0.29) is 5.78 Å². The number of hydrogen-bond acceptors (Lipinski definition) is 5. The highest BCUT2D eigenvalue weighted by Gasteiger charge is 2.28. The molecule has 0 unspecified atom stereocenters. The first-order valence-electron chi connectivity index (χ1n) is 11.0. The predicted octanol–water partition coefficient (Wildman–Crippen LogP) is 7.00. The summed E-state index contributed by atoms with van der Waals surface area (Å²) in [6.45, 7) is 7.73. The summed E-state index contributed by atoms with van der Waals surface area (Å²) in [4.78, 5) is 32.9. The van der Waals surface area contributed by atoms with Crippen LogP contribution in [0.15, 0.2) is 98.0 Å². The van der Waals surface area contributed by atoms with Crippen LogP contribution in [0.25, 0.3) is 0 Å². The largest absolute Gasteiger partial charge is 0.292 e. The number of nitrogens with zero attached hydrogens (tertiary/aromatic N) is 4. The van der Waals surface area contributed by atoms with Gasteiger partial charge in [-0.25, -0.2) is 0 Å². The van der Waals surface area contributed by atoms with Gasteiger partial charge in [0.2, 0.25) is 0 Å². The fraction of sp³-hybridized carbons (Fsp3) is 0.214. The van der Waals surface area contributed by atoms with Crippen molar-refractivity contribution in [2.75, 3.05) is 0 Å². The van der Waals surface area contributed by atoms with Gasteiger partial charge < -0.3 is 0 Å². The lowest BCUT2D eigenvalue weighted by Crippen LogP contribution is -2.29. The van der Waals surface area contributed by atoms with Crippen LogP contribution in [0, 0.1) is 5.92 Å². The quantitative estimate of drug-likeness (QED) is 0.469. The van der Waals surface area contributed by atoms with Gasteiger partial charge in [-0.2, -0.15) is 0 Å². The van der Waals surface area contributed by atoms with Crippen molar-refractivity contribution in [3.63, 3.8) is 0 Å². The Kier molecular flexibility index (Phi) is 6.53. The molecule has 33 heavy (non-hydrogen) atoms. The van der Waals surface area contributed by atoms with Crippen molar-refractivity contribution in [3.05, 3.63) is 78.1 Å². The summed E-state index contributed by atoms with van der Waals surface area (Å²) in [5, 5.41) is 0. The van der Waals surface area contributed by atoms with Crippen molar-refractivity contribution in [1.29, 1.82) is 0 Å². The number of carbonyl (C=O) groups excluding carboxylic acids is 1. The molecule has 0 spiro atoms. The minimum atomic E-state index is -0.622. The van der Waals surface area contributed by atoms with E-state index in [9.17, 15) is 4.79 Å². The third-order valence-electron chi connectivity index (χ3n) is 5.45. The number of ketones is 1. The fourth-order valence-corrected chi connectivity index (χ4v) is 4.00. The third kappa shape index (κ3) is 5.11. The molecule has 2 aliphatic rings. The summed E-state index contributed by atoms with van der Waals surface area (Å²) in [5.41, 5.74) is 9.70. The molecule has 5 heteroatoms. The van der Waals surface area contributed by atoms with E-state index in [1.807, 2.05) is 82.3 Å². The first kappa shape index (κ1) is 22.3. The summed E-state index contributed by atoms with van der Waals surface area (Å²) >= 11 is 0. The Morgan fingerprint density at radius 2 is 1.21 bits per heavy atom. The van der Waals surface area contributed by atoms with E-state index in [2.05, 4.69) is 5.73 Å². The average Bonchev–Trinajstić information content (AvgIpc) is 3.31. The van der Waals surface area contributed by atoms with Crippen molar-refractivity contribution in [1.82, 2.24) is 0 Å². The van der Waals surface area contributed by atoms with E-state index in [4.69, 9.17) is 20.0 Å². The second kappa shape index (κ2) is 9.68. The molecule has 0 radical (unpaired) electrons. The van der Waals surface area contributed by atoms with E-state index in [1.54, 1.807) is 12.2 Å². The van der Waals surface area contributed by atoms with Crippen LogP contribution >= 0.6 is 0 Å². The molecule has 2 aromatic rings. The van der Waals surface area contributed by atoms with Gasteiger partial charge in [0.1, 0.15) is 0 Å². The van der Waals surface area contributed by atoms with Crippen LogP contribution in [0.5, 0.6) is 0 Å². The minimum Gasteiger partial charge on any atom is -0.292 e. The van der Waals surface area contributed by atoms with Crippen LogP contribution in [-0.2, 0) is 4.79 Å². The number of benzene rings is 2. The molecule has 1 heterocycles. The molecule has 4 rings (SSSR count). The molecule has 0 aromatic heterocycles. The molecule has 164 valence electrons. The van der Waals surface area contributed by atoms with Gasteiger partial charge in [-0.1, -0.05) is 30.3 Å². The highest BCUT2D eigenvalue weighted by atomic mass is 16.1. The van der Waals surface area contributed by atoms with Gasteiger partial charge in [0, 0.05) is 29.3 Å². The maximum absolute atomic E-state index is 13.5. The van der Waals surface area contributed by atoms with Gasteiger partial charge in [-0.15, -0.1) is 5.73 Å². The van der Waals surface area contributed by atoms with Gasteiger partial charge in [-0.3, -0.25) is 24.8 Å². The number of para-hydroxylation sites is 4. The molecule has 0 bridgehead atoms. The number of Topliss-reactive ketones (excluding diaryl/α,β-unsaturated/α-hetero) is 1. The predicted molar refractivity (Wildman–Crippen MR) is 138 cm³/mol.